The molecule has 0 heterocycles. The lowest BCUT2D eigenvalue weighted by atomic mass is 10.2. The van der Waals surface area contributed by atoms with Crippen molar-refractivity contribution in [3.05, 3.63) is 34.1 Å². The summed E-state index contributed by atoms with van der Waals surface area (Å²) in [5.41, 5.74) is 0.295. The van der Waals surface area contributed by atoms with Gasteiger partial charge in [-0.05, 0) is 25.1 Å². The monoisotopic (exact) mass is 283 g/mol. The maximum absolute atomic E-state index is 13.1. The van der Waals surface area contributed by atoms with E-state index in [-0.39, 0.29) is 12.5 Å². The van der Waals surface area contributed by atoms with Gasteiger partial charge in [-0.2, -0.15) is 0 Å². The zero-order valence-corrected chi connectivity index (χ0v) is 10.4. The van der Waals surface area contributed by atoms with Crippen LogP contribution in [0.5, 0.6) is 0 Å². The summed E-state index contributed by atoms with van der Waals surface area (Å²) in [6.07, 6.45) is 5.15. The highest BCUT2D eigenvalue weighted by atomic mass is 79.9. The third kappa shape index (κ3) is 3.07. The molecule has 1 aromatic carbocycles. The Morgan fingerprint density at radius 3 is 2.75 bits per heavy atom. The summed E-state index contributed by atoms with van der Waals surface area (Å²) in [6.45, 7) is 2.55. The molecule has 0 N–H and O–H groups in total. The Morgan fingerprint density at radius 2 is 2.25 bits per heavy atom. The molecule has 0 atom stereocenters. The van der Waals surface area contributed by atoms with Crippen molar-refractivity contribution < 1.29 is 9.18 Å². The molecule has 0 aromatic heterocycles. The van der Waals surface area contributed by atoms with Crippen molar-refractivity contribution in [2.75, 3.05) is 13.1 Å². The van der Waals surface area contributed by atoms with Gasteiger partial charge in [0.25, 0.3) is 5.91 Å². The topological polar surface area (TPSA) is 20.3 Å². The number of carbonyl (C=O) groups is 1. The van der Waals surface area contributed by atoms with Crippen molar-refractivity contribution in [3.8, 4) is 12.3 Å². The van der Waals surface area contributed by atoms with Crippen LogP contribution in [-0.4, -0.2) is 23.9 Å². The lowest BCUT2D eigenvalue weighted by molar-refractivity contribution is 0.0784. The minimum Gasteiger partial charge on any atom is -0.328 e. The summed E-state index contributed by atoms with van der Waals surface area (Å²) >= 11 is 3.14. The summed E-state index contributed by atoms with van der Waals surface area (Å²) in [5, 5.41) is 0. The normalized spacial score (nSPS) is 9.62. The van der Waals surface area contributed by atoms with E-state index >= 15 is 0 Å². The van der Waals surface area contributed by atoms with Crippen molar-refractivity contribution >= 4 is 21.8 Å². The molecule has 0 aliphatic rings. The van der Waals surface area contributed by atoms with Gasteiger partial charge in [0.15, 0.2) is 0 Å². The number of benzene rings is 1. The number of rotatable bonds is 3. The van der Waals surface area contributed by atoms with Crippen LogP contribution in [0.3, 0.4) is 0 Å². The molecular formula is C12H11BrFNO. The van der Waals surface area contributed by atoms with E-state index in [1.54, 1.807) is 6.07 Å². The first-order chi connectivity index (χ1) is 7.58. The molecule has 0 spiro atoms. The summed E-state index contributed by atoms with van der Waals surface area (Å²) in [4.78, 5) is 13.4. The molecule has 0 radical (unpaired) electrons. The largest absolute Gasteiger partial charge is 0.328 e. The molecule has 0 aliphatic heterocycles. The summed E-state index contributed by atoms with van der Waals surface area (Å²) in [7, 11) is 0. The second kappa shape index (κ2) is 5.66. The Labute approximate surface area is 103 Å². The van der Waals surface area contributed by atoms with E-state index < -0.39 is 5.82 Å². The molecule has 16 heavy (non-hydrogen) atoms. The van der Waals surface area contributed by atoms with Gasteiger partial charge < -0.3 is 4.90 Å². The van der Waals surface area contributed by atoms with Crippen molar-refractivity contribution in [1.82, 2.24) is 4.90 Å². The minimum atomic E-state index is -0.450. The fourth-order valence-corrected chi connectivity index (χ4v) is 1.76. The Bertz CT molecular complexity index is 419. The predicted molar refractivity (Wildman–Crippen MR) is 64.5 cm³/mol. The maximum Gasteiger partial charge on any atom is 0.254 e. The van der Waals surface area contributed by atoms with Gasteiger partial charge in [-0.25, -0.2) is 4.39 Å². The molecule has 0 fully saturated rings. The number of nitrogens with zero attached hydrogens (tertiary/aromatic N) is 1. The number of terminal acetylenes is 1. The zero-order valence-electron chi connectivity index (χ0n) is 8.84. The molecule has 0 saturated heterocycles. The second-order valence-corrected chi connectivity index (χ2v) is 4.10. The first kappa shape index (κ1) is 12.7. The fraction of sp³-hybridized carbons (Fsp3) is 0.250. The number of carbonyl (C=O) groups excluding carboxylic acids is 1. The molecule has 4 heteroatoms. The van der Waals surface area contributed by atoms with Crippen LogP contribution in [0.15, 0.2) is 22.7 Å². The van der Waals surface area contributed by atoms with E-state index in [4.69, 9.17) is 6.42 Å². The highest BCUT2D eigenvalue weighted by Gasteiger charge is 2.14. The van der Waals surface area contributed by atoms with Gasteiger partial charge in [-0.3, -0.25) is 4.79 Å². The summed E-state index contributed by atoms with van der Waals surface area (Å²) < 4.78 is 13.6. The number of halogens is 2. The molecule has 0 saturated carbocycles. The fourth-order valence-electron chi connectivity index (χ4n) is 1.30. The molecule has 0 bridgehead atoms. The van der Waals surface area contributed by atoms with E-state index in [1.807, 2.05) is 6.92 Å². The molecule has 1 amide bonds. The first-order valence-corrected chi connectivity index (χ1v) is 5.56. The van der Waals surface area contributed by atoms with Crippen LogP contribution in [0.4, 0.5) is 4.39 Å². The summed E-state index contributed by atoms with van der Waals surface area (Å²) in [6, 6.07) is 4.07. The van der Waals surface area contributed by atoms with Crippen LogP contribution in [0.2, 0.25) is 0 Å². The van der Waals surface area contributed by atoms with Crippen molar-refractivity contribution in [1.29, 1.82) is 0 Å². The van der Waals surface area contributed by atoms with E-state index in [1.165, 1.54) is 17.0 Å². The molecule has 84 valence electrons. The van der Waals surface area contributed by atoms with Gasteiger partial charge in [-0.1, -0.05) is 21.9 Å². The highest BCUT2D eigenvalue weighted by Crippen LogP contribution is 2.16. The standard InChI is InChI=1S/C12H11BrFNO/c1-3-5-15(4-2)12(16)9-6-10(13)8-11(14)7-9/h1,6-8H,4-5H2,2H3. The van der Waals surface area contributed by atoms with Gasteiger partial charge in [0.05, 0.1) is 6.54 Å². The predicted octanol–water partition coefficient (Wildman–Crippen LogP) is 2.68. The Hall–Kier alpha value is -1.34. The minimum absolute atomic E-state index is 0.226. The average Bonchev–Trinajstić information content (AvgIpc) is 2.23. The Balaban J connectivity index is 2.99. The molecule has 1 aromatic rings. The Morgan fingerprint density at radius 1 is 1.56 bits per heavy atom. The summed E-state index contributed by atoms with van der Waals surface area (Å²) in [5.74, 6) is 1.69. The van der Waals surface area contributed by atoms with Crippen molar-refractivity contribution in [2.45, 2.75) is 6.92 Å². The van der Waals surface area contributed by atoms with E-state index in [0.29, 0.717) is 16.6 Å². The zero-order chi connectivity index (χ0) is 12.1. The third-order valence-electron chi connectivity index (χ3n) is 2.06. The number of amides is 1. The molecule has 2 nitrogen and oxygen atoms in total. The van der Waals surface area contributed by atoms with Crippen LogP contribution in [-0.2, 0) is 0 Å². The SMILES string of the molecule is C#CCN(CC)C(=O)c1cc(F)cc(Br)c1. The van der Waals surface area contributed by atoms with Crippen LogP contribution in [0, 0.1) is 18.2 Å². The number of hydrogen-bond donors (Lipinski definition) is 0. The smallest absolute Gasteiger partial charge is 0.254 e. The highest BCUT2D eigenvalue weighted by molar-refractivity contribution is 9.10. The van der Waals surface area contributed by atoms with Gasteiger partial charge in [0, 0.05) is 16.6 Å². The quantitative estimate of drug-likeness (QED) is 0.781. The van der Waals surface area contributed by atoms with Crippen LogP contribution in [0.25, 0.3) is 0 Å². The Kier molecular flexibility index (Phi) is 4.51. The van der Waals surface area contributed by atoms with Gasteiger partial charge >= 0.3 is 0 Å². The van der Waals surface area contributed by atoms with E-state index in [9.17, 15) is 9.18 Å². The molecule has 1 rings (SSSR count). The lowest BCUT2D eigenvalue weighted by Crippen LogP contribution is -2.31. The van der Waals surface area contributed by atoms with Gasteiger partial charge in [0.1, 0.15) is 5.82 Å². The van der Waals surface area contributed by atoms with Crippen LogP contribution in [0.1, 0.15) is 17.3 Å². The van der Waals surface area contributed by atoms with Crippen LogP contribution < -0.4 is 0 Å². The number of hydrogen-bond acceptors (Lipinski definition) is 1. The molecule has 0 unspecified atom stereocenters. The van der Waals surface area contributed by atoms with Gasteiger partial charge in [0.2, 0.25) is 0 Å². The van der Waals surface area contributed by atoms with Crippen LogP contribution >= 0.6 is 15.9 Å². The van der Waals surface area contributed by atoms with Gasteiger partial charge in [-0.15, -0.1) is 6.42 Å². The molecular weight excluding hydrogens is 273 g/mol. The average molecular weight is 284 g/mol. The van der Waals surface area contributed by atoms with E-state index in [0.717, 1.165) is 0 Å². The maximum atomic E-state index is 13.1. The van der Waals surface area contributed by atoms with E-state index in [2.05, 4.69) is 21.9 Å². The molecule has 0 aliphatic carbocycles. The lowest BCUT2D eigenvalue weighted by Gasteiger charge is -2.18. The second-order valence-electron chi connectivity index (χ2n) is 3.18. The third-order valence-corrected chi connectivity index (χ3v) is 2.52. The first-order valence-electron chi connectivity index (χ1n) is 4.77. The van der Waals surface area contributed by atoms with Crippen molar-refractivity contribution in [3.63, 3.8) is 0 Å². The van der Waals surface area contributed by atoms with Crippen molar-refractivity contribution in [2.24, 2.45) is 0 Å².